The van der Waals surface area contributed by atoms with Crippen LogP contribution in [0.15, 0.2) is 12.3 Å². The fraction of sp³-hybridized carbons (Fsp3) is 0.778. The molecule has 1 nitrogen and oxygen atoms in total. The Morgan fingerprint density at radius 2 is 2.30 bits per heavy atom. The van der Waals surface area contributed by atoms with Gasteiger partial charge in [-0.2, -0.15) is 0 Å². The largest absolute Gasteiger partial charge is 0.295 e. The standard InChI is InChI=1S/C9H16N/c1-7(2)10(3)5-4-8-6-9(8)10/h8-9H,1,4-6H2,2-3H3/q+1. The quantitative estimate of drug-likeness (QED) is 0.484. The summed E-state index contributed by atoms with van der Waals surface area (Å²) in [5.41, 5.74) is 1.35. The van der Waals surface area contributed by atoms with Crippen molar-refractivity contribution in [1.29, 1.82) is 0 Å². The summed E-state index contributed by atoms with van der Waals surface area (Å²) in [6.45, 7) is 7.56. The fourth-order valence-corrected chi connectivity index (χ4v) is 2.31. The van der Waals surface area contributed by atoms with Gasteiger partial charge in [0.15, 0.2) is 0 Å². The number of likely N-dealkylation sites (tertiary alicyclic amines) is 1. The normalized spacial score (nSPS) is 50.6. The number of hydrogen-bond donors (Lipinski definition) is 0. The van der Waals surface area contributed by atoms with Gasteiger partial charge in [0.05, 0.1) is 25.3 Å². The van der Waals surface area contributed by atoms with Gasteiger partial charge in [0, 0.05) is 25.7 Å². The zero-order chi connectivity index (χ0) is 7.35. The third-order valence-corrected chi connectivity index (χ3v) is 3.45. The molecule has 1 saturated heterocycles. The van der Waals surface area contributed by atoms with Crippen molar-refractivity contribution in [3.63, 3.8) is 0 Å². The van der Waals surface area contributed by atoms with Gasteiger partial charge in [-0.15, -0.1) is 0 Å². The van der Waals surface area contributed by atoms with E-state index in [1.807, 2.05) is 0 Å². The van der Waals surface area contributed by atoms with Crippen LogP contribution < -0.4 is 0 Å². The van der Waals surface area contributed by atoms with Crippen LogP contribution in [0.2, 0.25) is 0 Å². The minimum absolute atomic E-state index is 0.956. The summed E-state index contributed by atoms with van der Waals surface area (Å²) in [7, 11) is 2.33. The molecule has 3 atom stereocenters. The van der Waals surface area contributed by atoms with Crippen LogP contribution in [0.1, 0.15) is 19.8 Å². The van der Waals surface area contributed by atoms with E-state index in [4.69, 9.17) is 0 Å². The molecule has 56 valence electrons. The first kappa shape index (κ1) is 6.41. The van der Waals surface area contributed by atoms with Gasteiger partial charge in [0.2, 0.25) is 0 Å². The second-order valence-corrected chi connectivity index (χ2v) is 4.08. The molecular formula is C9H16N+. The molecule has 0 amide bonds. The van der Waals surface area contributed by atoms with E-state index in [2.05, 4.69) is 20.6 Å². The Kier molecular flexibility index (Phi) is 1.06. The van der Waals surface area contributed by atoms with Crippen LogP contribution in [0.5, 0.6) is 0 Å². The average Bonchev–Trinajstić information content (AvgIpc) is 2.56. The highest BCUT2D eigenvalue weighted by molar-refractivity contribution is 4.98. The Bertz CT molecular complexity index is 185. The summed E-state index contributed by atoms with van der Waals surface area (Å²) in [6, 6.07) is 0.956. The molecule has 0 N–H and O–H groups in total. The molecule has 1 aliphatic heterocycles. The maximum atomic E-state index is 4.06. The number of fused-ring (bicyclic) bond motifs is 1. The number of hydrogen-bond acceptors (Lipinski definition) is 0. The lowest BCUT2D eigenvalue weighted by atomic mass is 10.3. The third-order valence-electron chi connectivity index (χ3n) is 3.45. The predicted molar refractivity (Wildman–Crippen MR) is 42.4 cm³/mol. The van der Waals surface area contributed by atoms with Gasteiger partial charge in [-0.3, -0.25) is 4.48 Å². The van der Waals surface area contributed by atoms with Crippen molar-refractivity contribution in [3.8, 4) is 0 Å². The Morgan fingerprint density at radius 1 is 1.60 bits per heavy atom. The van der Waals surface area contributed by atoms with E-state index in [-0.39, 0.29) is 0 Å². The summed E-state index contributed by atoms with van der Waals surface area (Å²) in [5.74, 6) is 1.06. The van der Waals surface area contributed by atoms with Crippen molar-refractivity contribution < 1.29 is 4.48 Å². The van der Waals surface area contributed by atoms with Crippen LogP contribution in [-0.2, 0) is 0 Å². The lowest BCUT2D eigenvalue weighted by molar-refractivity contribution is -0.874. The van der Waals surface area contributed by atoms with E-state index in [0.717, 1.165) is 12.0 Å². The van der Waals surface area contributed by atoms with Crippen molar-refractivity contribution in [2.45, 2.75) is 25.8 Å². The Hall–Kier alpha value is -0.300. The number of piperidine rings is 1. The van der Waals surface area contributed by atoms with Crippen LogP contribution in [0, 0.1) is 5.92 Å². The van der Waals surface area contributed by atoms with E-state index in [1.54, 1.807) is 0 Å². The molecule has 0 aromatic heterocycles. The molecule has 2 rings (SSSR count). The Morgan fingerprint density at radius 3 is 2.50 bits per heavy atom. The topological polar surface area (TPSA) is 0 Å². The van der Waals surface area contributed by atoms with Crippen LogP contribution in [0.4, 0.5) is 0 Å². The highest BCUT2D eigenvalue weighted by atomic mass is 15.4. The van der Waals surface area contributed by atoms with E-state index < -0.39 is 0 Å². The maximum absolute atomic E-state index is 4.06. The number of allylic oxidation sites excluding steroid dienone is 1. The monoisotopic (exact) mass is 138 g/mol. The molecule has 0 bridgehead atoms. The predicted octanol–water partition coefficient (Wildman–Crippen LogP) is 1.76. The van der Waals surface area contributed by atoms with Gasteiger partial charge < -0.3 is 0 Å². The molecule has 2 fully saturated rings. The molecule has 1 aliphatic carbocycles. The van der Waals surface area contributed by atoms with E-state index in [1.165, 1.54) is 29.6 Å². The summed E-state index contributed by atoms with van der Waals surface area (Å²) in [6.07, 6.45) is 2.90. The lowest BCUT2D eigenvalue weighted by Crippen LogP contribution is -2.41. The van der Waals surface area contributed by atoms with Gasteiger partial charge in [-0.1, -0.05) is 0 Å². The molecule has 0 aromatic rings. The average molecular weight is 138 g/mol. The highest BCUT2D eigenvalue weighted by Gasteiger charge is 2.57. The summed E-state index contributed by atoms with van der Waals surface area (Å²) in [4.78, 5) is 0. The van der Waals surface area contributed by atoms with Gasteiger partial charge in [-0.25, -0.2) is 0 Å². The van der Waals surface area contributed by atoms with Crippen molar-refractivity contribution in [2.75, 3.05) is 13.6 Å². The summed E-state index contributed by atoms with van der Waals surface area (Å²) >= 11 is 0. The molecule has 0 spiro atoms. The molecule has 1 saturated carbocycles. The fourth-order valence-electron chi connectivity index (χ4n) is 2.31. The molecular weight excluding hydrogens is 122 g/mol. The van der Waals surface area contributed by atoms with Crippen LogP contribution in [0.3, 0.4) is 0 Å². The van der Waals surface area contributed by atoms with Crippen LogP contribution in [0.25, 0.3) is 0 Å². The second-order valence-electron chi connectivity index (χ2n) is 4.08. The number of nitrogens with zero attached hydrogens (tertiary/aromatic N) is 1. The smallest absolute Gasteiger partial charge is 0.0984 e. The minimum atomic E-state index is 0.956. The van der Waals surface area contributed by atoms with E-state index >= 15 is 0 Å². The van der Waals surface area contributed by atoms with Crippen LogP contribution >= 0.6 is 0 Å². The molecule has 10 heavy (non-hydrogen) atoms. The molecule has 0 radical (unpaired) electrons. The number of rotatable bonds is 1. The molecule has 0 aromatic carbocycles. The SMILES string of the molecule is C=C(C)[N+]1(C)CCC2CC21. The maximum Gasteiger partial charge on any atom is 0.0984 e. The lowest BCUT2D eigenvalue weighted by Gasteiger charge is -2.31. The zero-order valence-electron chi connectivity index (χ0n) is 6.93. The molecule has 2 aliphatic rings. The number of quaternary nitrogens is 1. The van der Waals surface area contributed by atoms with Gasteiger partial charge >= 0.3 is 0 Å². The summed E-state index contributed by atoms with van der Waals surface area (Å²) < 4.78 is 1.17. The molecule has 1 heterocycles. The molecule has 3 unspecified atom stereocenters. The zero-order valence-corrected chi connectivity index (χ0v) is 6.93. The first-order valence-corrected chi connectivity index (χ1v) is 4.16. The van der Waals surface area contributed by atoms with E-state index in [0.29, 0.717) is 0 Å². The van der Waals surface area contributed by atoms with Crippen molar-refractivity contribution in [3.05, 3.63) is 12.3 Å². The first-order chi connectivity index (χ1) is 4.64. The van der Waals surface area contributed by atoms with Gasteiger partial charge in [0.1, 0.15) is 0 Å². The third kappa shape index (κ3) is 0.615. The Labute approximate surface area is 62.9 Å². The van der Waals surface area contributed by atoms with Gasteiger partial charge in [-0.05, 0) is 6.58 Å². The van der Waals surface area contributed by atoms with Crippen LogP contribution in [-0.4, -0.2) is 24.1 Å². The first-order valence-electron chi connectivity index (χ1n) is 4.16. The second kappa shape index (κ2) is 1.65. The summed E-state index contributed by atoms with van der Waals surface area (Å²) in [5, 5.41) is 0. The van der Waals surface area contributed by atoms with E-state index in [9.17, 15) is 0 Å². The van der Waals surface area contributed by atoms with Crippen molar-refractivity contribution in [2.24, 2.45) is 5.92 Å². The van der Waals surface area contributed by atoms with Crippen molar-refractivity contribution in [1.82, 2.24) is 0 Å². The highest BCUT2D eigenvalue weighted by Crippen LogP contribution is 2.50. The van der Waals surface area contributed by atoms with Gasteiger partial charge in [0.25, 0.3) is 0 Å². The molecule has 1 heteroatoms. The minimum Gasteiger partial charge on any atom is -0.295 e. The Balaban J connectivity index is 2.21. The van der Waals surface area contributed by atoms with Crippen molar-refractivity contribution >= 4 is 0 Å².